The van der Waals surface area contributed by atoms with E-state index in [1.54, 1.807) is 13.2 Å². The summed E-state index contributed by atoms with van der Waals surface area (Å²) in [4.78, 5) is 32.0. The van der Waals surface area contributed by atoms with Crippen LogP contribution in [-0.2, 0) is 32.6 Å². The molecule has 6 rings (SSSR count). The fourth-order valence-corrected chi connectivity index (χ4v) is 7.95. The lowest BCUT2D eigenvalue weighted by molar-refractivity contribution is -0.124. The highest BCUT2D eigenvalue weighted by atomic mass is 16.5. The first-order valence-corrected chi connectivity index (χ1v) is 16.4. The van der Waals surface area contributed by atoms with E-state index in [1.165, 1.54) is 28.7 Å². The Kier molecular flexibility index (Phi) is 9.01. The quantitative estimate of drug-likeness (QED) is 0.433. The van der Waals surface area contributed by atoms with Gasteiger partial charge < -0.3 is 29.4 Å². The van der Waals surface area contributed by atoms with Crippen molar-refractivity contribution in [2.75, 3.05) is 40.1 Å². The van der Waals surface area contributed by atoms with Gasteiger partial charge in [-0.15, -0.1) is 0 Å². The Hall–Kier alpha value is -3.36. The molecule has 8 heteroatoms. The van der Waals surface area contributed by atoms with Crippen molar-refractivity contribution in [2.45, 2.75) is 83.7 Å². The van der Waals surface area contributed by atoms with Crippen LogP contribution in [0.25, 0.3) is 5.57 Å². The summed E-state index contributed by atoms with van der Waals surface area (Å²) in [6, 6.07) is 9.19. The largest absolute Gasteiger partial charge is 0.496 e. The molecule has 2 aliphatic heterocycles. The normalized spacial score (nSPS) is 21.6. The Balaban J connectivity index is 1.32. The highest BCUT2D eigenvalue weighted by molar-refractivity contribution is 5.86. The van der Waals surface area contributed by atoms with E-state index in [0.29, 0.717) is 23.8 Å². The van der Waals surface area contributed by atoms with Crippen LogP contribution in [0.5, 0.6) is 5.75 Å². The lowest BCUT2D eigenvalue weighted by Crippen LogP contribution is -2.41. The molecule has 2 saturated heterocycles. The second-order valence-corrected chi connectivity index (χ2v) is 12.9. The predicted octanol–water partition coefficient (Wildman–Crippen LogP) is 5.18. The van der Waals surface area contributed by atoms with Crippen LogP contribution in [0.4, 0.5) is 0 Å². The summed E-state index contributed by atoms with van der Waals surface area (Å²) in [6.45, 7) is 10.3. The zero-order chi connectivity index (χ0) is 30.8. The SMILES string of the molecule is CCN(C1=C(C)C(C(=O)NCc2c(OC)cc(C)[nH]c2=O)CC(c2ccc3c(c2)CCC32CCOCC2)=C1)C1CCOCC1. The summed E-state index contributed by atoms with van der Waals surface area (Å²) in [7, 11) is 1.55. The first-order valence-electron chi connectivity index (χ1n) is 16.4. The Morgan fingerprint density at radius 3 is 2.57 bits per heavy atom. The summed E-state index contributed by atoms with van der Waals surface area (Å²) in [5.41, 5.74) is 8.73. The molecule has 2 aromatic rings. The van der Waals surface area contributed by atoms with Gasteiger partial charge in [-0.3, -0.25) is 9.59 Å². The van der Waals surface area contributed by atoms with Crippen LogP contribution in [0.3, 0.4) is 0 Å². The van der Waals surface area contributed by atoms with Crippen molar-refractivity contribution in [1.29, 1.82) is 0 Å². The summed E-state index contributed by atoms with van der Waals surface area (Å²) in [6.07, 6.45) is 9.40. The number of hydrogen-bond acceptors (Lipinski definition) is 6. The number of rotatable bonds is 8. The molecule has 0 saturated carbocycles. The van der Waals surface area contributed by atoms with Gasteiger partial charge in [-0.2, -0.15) is 0 Å². The zero-order valence-corrected chi connectivity index (χ0v) is 26.7. The summed E-state index contributed by atoms with van der Waals surface area (Å²) < 4.78 is 16.9. The van der Waals surface area contributed by atoms with Crippen molar-refractivity contribution in [1.82, 2.24) is 15.2 Å². The molecular weight excluding hydrogens is 554 g/mol. The van der Waals surface area contributed by atoms with Gasteiger partial charge in [0.25, 0.3) is 5.56 Å². The molecule has 44 heavy (non-hydrogen) atoms. The maximum atomic E-state index is 14.0. The van der Waals surface area contributed by atoms with E-state index < -0.39 is 0 Å². The third-order valence-corrected chi connectivity index (χ3v) is 10.5. The fraction of sp³-hybridized carbons (Fsp3) is 0.556. The monoisotopic (exact) mass is 601 g/mol. The number of aromatic nitrogens is 1. The molecule has 2 N–H and O–H groups in total. The minimum atomic E-state index is -0.343. The third-order valence-electron chi connectivity index (χ3n) is 10.5. The molecule has 2 fully saturated rings. The number of amides is 1. The number of benzene rings is 1. The first-order chi connectivity index (χ1) is 21.3. The van der Waals surface area contributed by atoms with Crippen molar-refractivity contribution in [3.8, 4) is 5.75 Å². The molecule has 3 heterocycles. The number of aromatic amines is 1. The highest BCUT2D eigenvalue weighted by Crippen LogP contribution is 2.47. The second kappa shape index (κ2) is 12.9. The maximum absolute atomic E-state index is 14.0. The highest BCUT2D eigenvalue weighted by Gasteiger charge is 2.40. The summed E-state index contributed by atoms with van der Waals surface area (Å²) in [5, 5.41) is 3.09. The number of carbonyl (C=O) groups excluding carboxylic acids is 1. The number of likely N-dealkylation sites (N-methyl/N-ethyl adjacent to an activating group) is 1. The molecule has 1 unspecified atom stereocenters. The van der Waals surface area contributed by atoms with E-state index in [2.05, 4.69) is 53.3 Å². The smallest absolute Gasteiger partial charge is 0.256 e. The van der Waals surface area contributed by atoms with Crippen LogP contribution in [0.2, 0.25) is 0 Å². The molecule has 4 aliphatic rings. The number of hydrogen-bond donors (Lipinski definition) is 2. The number of carbonyl (C=O) groups is 1. The third kappa shape index (κ3) is 5.86. The molecular formula is C36H47N3O5. The topological polar surface area (TPSA) is 92.9 Å². The van der Waals surface area contributed by atoms with E-state index in [4.69, 9.17) is 14.2 Å². The Labute approximate surface area is 260 Å². The molecule has 236 valence electrons. The molecule has 2 aliphatic carbocycles. The zero-order valence-electron chi connectivity index (χ0n) is 26.7. The molecule has 1 aromatic carbocycles. The van der Waals surface area contributed by atoms with Gasteiger partial charge in [0.15, 0.2) is 0 Å². The Bertz CT molecular complexity index is 1510. The van der Waals surface area contributed by atoms with Gasteiger partial charge in [0.2, 0.25) is 5.91 Å². The molecule has 0 bridgehead atoms. The van der Waals surface area contributed by atoms with Crippen LogP contribution in [0.1, 0.15) is 80.3 Å². The number of pyridine rings is 1. The van der Waals surface area contributed by atoms with Crippen LogP contribution in [0.15, 0.2) is 46.4 Å². The Morgan fingerprint density at radius 2 is 1.84 bits per heavy atom. The van der Waals surface area contributed by atoms with Crippen molar-refractivity contribution in [3.63, 3.8) is 0 Å². The summed E-state index contributed by atoms with van der Waals surface area (Å²) >= 11 is 0. The molecule has 1 amide bonds. The van der Waals surface area contributed by atoms with Crippen molar-refractivity contribution in [3.05, 3.63) is 79.9 Å². The van der Waals surface area contributed by atoms with Crippen LogP contribution < -0.4 is 15.6 Å². The minimum absolute atomic E-state index is 0.0713. The lowest BCUT2D eigenvalue weighted by atomic mass is 9.75. The number of H-pyrrole nitrogens is 1. The van der Waals surface area contributed by atoms with Gasteiger partial charge in [-0.1, -0.05) is 18.2 Å². The van der Waals surface area contributed by atoms with Crippen molar-refractivity contribution < 1.29 is 19.0 Å². The summed E-state index contributed by atoms with van der Waals surface area (Å²) in [5.74, 6) is 0.0725. The average Bonchev–Trinajstić information content (AvgIpc) is 3.38. The van der Waals surface area contributed by atoms with E-state index in [1.807, 2.05) is 6.92 Å². The number of ether oxygens (including phenoxy) is 3. The van der Waals surface area contributed by atoms with Gasteiger partial charge in [0.05, 0.1) is 25.1 Å². The number of nitrogens with zero attached hydrogens (tertiary/aromatic N) is 1. The molecule has 8 nitrogen and oxygen atoms in total. The minimum Gasteiger partial charge on any atom is -0.496 e. The number of aryl methyl sites for hydroxylation is 2. The van der Waals surface area contributed by atoms with Crippen LogP contribution >= 0.6 is 0 Å². The number of nitrogens with one attached hydrogen (secondary N) is 2. The first kappa shape index (κ1) is 30.7. The Morgan fingerprint density at radius 1 is 1.09 bits per heavy atom. The molecule has 0 radical (unpaired) electrons. The van der Waals surface area contributed by atoms with Gasteiger partial charge >= 0.3 is 0 Å². The molecule has 1 aromatic heterocycles. The number of fused-ring (bicyclic) bond motifs is 2. The average molecular weight is 602 g/mol. The van der Waals surface area contributed by atoms with E-state index >= 15 is 0 Å². The van der Waals surface area contributed by atoms with Gasteiger partial charge in [-0.05, 0) is 106 Å². The molecule has 1 spiro atoms. The second-order valence-electron chi connectivity index (χ2n) is 12.9. The van der Waals surface area contributed by atoms with Gasteiger partial charge in [-0.25, -0.2) is 0 Å². The van der Waals surface area contributed by atoms with E-state index in [9.17, 15) is 9.59 Å². The predicted molar refractivity (Wildman–Crippen MR) is 172 cm³/mol. The van der Waals surface area contributed by atoms with Crippen LogP contribution in [0, 0.1) is 12.8 Å². The lowest BCUT2D eigenvalue weighted by Gasteiger charge is -2.39. The number of methoxy groups -OCH3 is 1. The van der Waals surface area contributed by atoms with Gasteiger partial charge in [0.1, 0.15) is 5.75 Å². The van der Waals surface area contributed by atoms with E-state index in [-0.39, 0.29) is 29.3 Å². The van der Waals surface area contributed by atoms with Gasteiger partial charge in [0, 0.05) is 55.8 Å². The molecule has 1 atom stereocenters. The van der Waals surface area contributed by atoms with Crippen molar-refractivity contribution in [2.24, 2.45) is 5.92 Å². The standard InChI is InChI=1S/C36H47N3O5/c1-5-39(28-9-14-43-15-10-28)32-21-27(25-6-7-31-26(19-25)8-11-36(31)12-16-44-17-13-36)20-29(24(32)3)34(40)37-22-30-33(42-4)18-23(2)38-35(30)41/h6-7,18-19,21,28-29H,5,8-17,20,22H2,1-4H3,(H,37,40)(H,38,41). The maximum Gasteiger partial charge on any atom is 0.256 e. The number of allylic oxidation sites excluding steroid dienone is 2. The fourth-order valence-electron chi connectivity index (χ4n) is 7.95. The van der Waals surface area contributed by atoms with Crippen LogP contribution in [-0.4, -0.2) is 61.9 Å². The van der Waals surface area contributed by atoms with Crippen molar-refractivity contribution >= 4 is 11.5 Å². The van der Waals surface area contributed by atoms with E-state index in [0.717, 1.165) is 82.0 Å².